The van der Waals surface area contributed by atoms with Crippen LogP contribution in [0.2, 0.25) is 0 Å². The number of anilines is 2. The molecule has 0 fully saturated rings. The number of halogens is 3. The van der Waals surface area contributed by atoms with Crippen LogP contribution < -0.4 is 10.2 Å². The molecule has 4 rings (SSSR count). The van der Waals surface area contributed by atoms with Crippen molar-refractivity contribution in [3.8, 4) is 11.1 Å². The molecule has 0 atom stereocenters. The third-order valence-electron chi connectivity index (χ3n) is 5.90. The van der Waals surface area contributed by atoms with Crippen molar-refractivity contribution < 1.29 is 32.9 Å². The lowest BCUT2D eigenvalue weighted by molar-refractivity contribution is -0.137. The van der Waals surface area contributed by atoms with Gasteiger partial charge in [0.25, 0.3) is 5.91 Å². The fraction of sp³-hybridized carbons (Fsp3) is 0.370. The number of rotatable bonds is 7. The van der Waals surface area contributed by atoms with Crippen LogP contribution in [0.15, 0.2) is 48.8 Å². The number of carbonyl (C=O) groups is 1. The minimum absolute atomic E-state index is 0.0822. The molecule has 3 N–H and O–H groups in total. The van der Waals surface area contributed by atoms with Crippen LogP contribution in [0.25, 0.3) is 11.1 Å². The molecule has 0 saturated carbocycles. The minimum atomic E-state index is -4.52. The van der Waals surface area contributed by atoms with E-state index in [-0.39, 0.29) is 18.8 Å². The van der Waals surface area contributed by atoms with Gasteiger partial charge in [0.15, 0.2) is 0 Å². The van der Waals surface area contributed by atoms with Gasteiger partial charge in [-0.3, -0.25) is 14.8 Å². The summed E-state index contributed by atoms with van der Waals surface area (Å²) in [4.78, 5) is 23.9. The van der Waals surface area contributed by atoms with Crippen LogP contribution in [0, 0.1) is 6.92 Å². The highest BCUT2D eigenvalue weighted by Crippen LogP contribution is 2.33. The van der Waals surface area contributed by atoms with Crippen LogP contribution in [0.3, 0.4) is 0 Å². The number of hydrogen-bond donors (Lipinski definition) is 3. The van der Waals surface area contributed by atoms with E-state index >= 15 is 0 Å². The second-order valence-electron chi connectivity index (χ2n) is 8.61. The van der Waals surface area contributed by atoms with E-state index in [9.17, 15) is 18.0 Å². The highest BCUT2D eigenvalue weighted by atomic mass is 19.4. The molecule has 11 heteroatoms. The molecule has 3 heterocycles. The average Bonchev–Trinajstić information content (AvgIpc) is 2.92. The van der Waals surface area contributed by atoms with Crippen molar-refractivity contribution in [2.45, 2.75) is 25.9 Å². The highest BCUT2D eigenvalue weighted by molar-refractivity contribution is 6.04. The van der Waals surface area contributed by atoms with Crippen molar-refractivity contribution in [3.05, 3.63) is 71.3 Å². The minimum Gasteiger partial charge on any atom is -0.394 e. The monoisotopic (exact) mass is 532 g/mol. The fourth-order valence-corrected chi connectivity index (χ4v) is 4.02. The van der Waals surface area contributed by atoms with Gasteiger partial charge in [0.2, 0.25) is 0 Å². The van der Waals surface area contributed by atoms with Crippen molar-refractivity contribution in [3.63, 3.8) is 0 Å². The summed E-state index contributed by atoms with van der Waals surface area (Å²) in [7, 11) is 1.67. The summed E-state index contributed by atoms with van der Waals surface area (Å²) in [5.74, 6) is -0.642. The number of aryl methyl sites for hydroxylation is 2. The number of ether oxygens (including phenoxy) is 1. The topological polar surface area (TPSA) is 108 Å². The van der Waals surface area contributed by atoms with Gasteiger partial charge in [-0.25, -0.2) is 0 Å². The number of pyridine rings is 2. The molecule has 204 valence electrons. The number of benzene rings is 1. The van der Waals surface area contributed by atoms with Gasteiger partial charge >= 0.3 is 6.18 Å². The lowest BCUT2D eigenvalue weighted by Gasteiger charge is -2.30. The molecule has 2 aromatic heterocycles. The first kappa shape index (κ1) is 29.0. The Morgan fingerprint density at radius 1 is 1.13 bits per heavy atom. The number of hydrogen-bond acceptors (Lipinski definition) is 7. The maximum Gasteiger partial charge on any atom is 0.416 e. The Bertz CT molecular complexity index is 1240. The van der Waals surface area contributed by atoms with Gasteiger partial charge < -0.3 is 25.2 Å². The number of nitrogens with one attached hydrogen (secondary N) is 1. The fourth-order valence-electron chi connectivity index (χ4n) is 4.02. The van der Waals surface area contributed by atoms with Crippen LogP contribution in [0.4, 0.5) is 24.5 Å². The number of fused-ring (bicyclic) bond motifs is 1. The van der Waals surface area contributed by atoms with Crippen molar-refractivity contribution in [1.29, 1.82) is 0 Å². The number of aliphatic hydroxyl groups excluding tert-OH is 2. The number of nitrogens with zero attached hydrogens (tertiary/aromatic N) is 3. The van der Waals surface area contributed by atoms with Crippen molar-refractivity contribution >= 4 is 17.3 Å². The number of aromatic nitrogens is 2. The molecule has 8 nitrogen and oxygen atoms in total. The van der Waals surface area contributed by atoms with E-state index in [0.29, 0.717) is 12.3 Å². The van der Waals surface area contributed by atoms with Crippen LogP contribution in [-0.4, -0.2) is 66.1 Å². The number of aliphatic hydroxyl groups is 2. The normalized spacial score (nSPS) is 12.9. The molecular weight excluding hydrogens is 501 g/mol. The summed E-state index contributed by atoms with van der Waals surface area (Å²) in [6, 6.07) is 8.15. The summed E-state index contributed by atoms with van der Waals surface area (Å²) >= 11 is 0. The molecule has 1 aliphatic heterocycles. The van der Waals surface area contributed by atoms with Gasteiger partial charge in [-0.05, 0) is 50.1 Å². The lowest BCUT2D eigenvalue weighted by atomic mass is 10.0. The molecule has 1 amide bonds. The van der Waals surface area contributed by atoms with Gasteiger partial charge in [0, 0.05) is 48.8 Å². The van der Waals surface area contributed by atoms with E-state index in [1.165, 1.54) is 18.3 Å². The van der Waals surface area contributed by atoms with E-state index < -0.39 is 17.6 Å². The van der Waals surface area contributed by atoms with E-state index in [2.05, 4.69) is 26.3 Å². The van der Waals surface area contributed by atoms with E-state index in [4.69, 9.17) is 14.9 Å². The van der Waals surface area contributed by atoms with E-state index in [0.717, 1.165) is 66.3 Å². The summed E-state index contributed by atoms with van der Waals surface area (Å²) in [6.07, 6.45) is 0.692. The maximum absolute atomic E-state index is 13.0. The Hall–Kier alpha value is -3.54. The van der Waals surface area contributed by atoms with E-state index in [1.54, 1.807) is 19.4 Å². The van der Waals surface area contributed by atoms with Crippen LogP contribution in [0.5, 0.6) is 0 Å². The van der Waals surface area contributed by atoms with Gasteiger partial charge in [0.05, 0.1) is 48.6 Å². The van der Waals surface area contributed by atoms with Crippen molar-refractivity contribution in [1.82, 2.24) is 9.97 Å². The lowest BCUT2D eigenvalue weighted by Crippen LogP contribution is -2.32. The summed E-state index contributed by atoms with van der Waals surface area (Å²) in [5, 5.41) is 17.9. The van der Waals surface area contributed by atoms with Gasteiger partial charge in [-0.15, -0.1) is 0 Å². The molecule has 0 radical (unpaired) electrons. The molecule has 38 heavy (non-hydrogen) atoms. The average molecular weight is 533 g/mol. The maximum atomic E-state index is 13.0. The highest BCUT2D eigenvalue weighted by Gasteiger charge is 2.31. The van der Waals surface area contributed by atoms with E-state index in [1.807, 2.05) is 6.92 Å². The number of alkyl halides is 3. The van der Waals surface area contributed by atoms with Crippen LogP contribution in [-0.2, 0) is 17.3 Å². The molecule has 3 aromatic rings. The predicted octanol–water partition coefficient (Wildman–Crippen LogP) is 4.09. The summed E-state index contributed by atoms with van der Waals surface area (Å²) in [5.41, 5.74) is 3.90. The zero-order chi connectivity index (χ0) is 27.7. The first-order chi connectivity index (χ1) is 18.2. The number of amides is 1. The first-order valence-electron chi connectivity index (χ1n) is 12.1. The quantitative estimate of drug-likeness (QED) is 0.421. The summed E-state index contributed by atoms with van der Waals surface area (Å²) < 4.78 is 44.2. The van der Waals surface area contributed by atoms with Crippen LogP contribution in [0.1, 0.15) is 33.7 Å². The Balaban J connectivity index is 0.000000934. The SMILES string of the molecule is COCCN1CCCc2ncc(-c3cc(NC(=O)c4cccc(C(F)(F)F)c4)cnc3C)cc21.OCCO. The van der Waals surface area contributed by atoms with Gasteiger partial charge in [-0.1, -0.05) is 6.07 Å². The first-order valence-corrected chi connectivity index (χ1v) is 12.1. The molecule has 0 saturated heterocycles. The third-order valence-corrected chi connectivity index (χ3v) is 5.90. The Kier molecular flexibility index (Phi) is 10.2. The summed E-state index contributed by atoms with van der Waals surface area (Å²) in [6.45, 7) is 3.90. The molecule has 0 aliphatic carbocycles. The third kappa shape index (κ3) is 7.50. The molecule has 0 bridgehead atoms. The second-order valence-corrected chi connectivity index (χ2v) is 8.61. The number of carbonyl (C=O) groups excluding carboxylic acids is 1. The zero-order valence-corrected chi connectivity index (χ0v) is 21.3. The van der Waals surface area contributed by atoms with Crippen LogP contribution >= 0.6 is 0 Å². The predicted molar refractivity (Wildman–Crippen MR) is 138 cm³/mol. The largest absolute Gasteiger partial charge is 0.416 e. The number of methoxy groups -OCH3 is 1. The Labute approximate surface area is 219 Å². The zero-order valence-electron chi connectivity index (χ0n) is 21.3. The molecule has 0 unspecified atom stereocenters. The molecular formula is C27H31F3N4O4. The Morgan fingerprint density at radius 2 is 1.89 bits per heavy atom. The second kappa shape index (κ2) is 13.3. The van der Waals surface area contributed by atoms with Gasteiger partial charge in [-0.2, -0.15) is 13.2 Å². The Morgan fingerprint density at radius 3 is 2.58 bits per heavy atom. The molecule has 0 spiro atoms. The molecule has 1 aromatic carbocycles. The van der Waals surface area contributed by atoms with Gasteiger partial charge in [0.1, 0.15) is 0 Å². The molecule has 1 aliphatic rings. The van der Waals surface area contributed by atoms with Crippen molar-refractivity contribution in [2.24, 2.45) is 0 Å². The smallest absolute Gasteiger partial charge is 0.394 e. The standard InChI is InChI=1S/C25H25F3N4O2.C2H6O2/c1-16-21(18-12-23-22(30-14-18)7-4-8-32(23)9-10-34-2)13-20(15-29-16)31-24(33)17-5-3-6-19(11-17)25(26,27)28;3-1-2-4/h3,5-6,11-15H,4,7-10H2,1-2H3,(H,31,33);3-4H,1-2H2. The van der Waals surface area contributed by atoms with Crippen molar-refractivity contribution in [2.75, 3.05) is 50.2 Å².